The molecule has 2 rings (SSSR count). The van der Waals surface area contributed by atoms with Crippen LogP contribution in [-0.4, -0.2) is 54.5 Å². The van der Waals surface area contributed by atoms with Gasteiger partial charge in [0.1, 0.15) is 0 Å². The summed E-state index contributed by atoms with van der Waals surface area (Å²) in [5.41, 5.74) is -0.643. The molecular weight excluding hydrogens is 345 g/mol. The molecule has 1 aromatic rings. The van der Waals surface area contributed by atoms with Crippen LogP contribution in [0, 0.1) is 15.9 Å². The van der Waals surface area contributed by atoms with Crippen molar-refractivity contribution in [2.45, 2.75) is 32.7 Å². The Hall–Kier alpha value is -2.71. The molecule has 0 aromatic heterocycles. The van der Waals surface area contributed by atoms with Gasteiger partial charge in [-0.1, -0.05) is 0 Å². The Morgan fingerprint density at radius 3 is 2.50 bits per heavy atom. The van der Waals surface area contributed by atoms with Gasteiger partial charge in [-0.25, -0.2) is 9.18 Å². The Morgan fingerprint density at radius 2 is 2.00 bits per heavy atom. The van der Waals surface area contributed by atoms with Crippen molar-refractivity contribution in [1.29, 1.82) is 0 Å². The summed E-state index contributed by atoms with van der Waals surface area (Å²) in [4.78, 5) is 37.3. The molecule has 1 aliphatic rings. The van der Waals surface area contributed by atoms with Crippen LogP contribution in [0.25, 0.3) is 0 Å². The Labute approximate surface area is 150 Å². The highest BCUT2D eigenvalue weighted by molar-refractivity contribution is 5.97. The number of hydrogen-bond acceptors (Lipinski definition) is 6. The number of amides is 1. The van der Waals surface area contributed by atoms with Crippen LogP contribution in [0.5, 0.6) is 0 Å². The summed E-state index contributed by atoms with van der Waals surface area (Å²) in [5.74, 6) is -1.68. The van der Waals surface area contributed by atoms with E-state index in [1.807, 2.05) is 0 Å². The monoisotopic (exact) mass is 367 g/mol. The Morgan fingerprint density at radius 1 is 1.38 bits per heavy atom. The summed E-state index contributed by atoms with van der Waals surface area (Å²) in [6, 6.07) is 1.90. The van der Waals surface area contributed by atoms with Crippen LogP contribution in [0.4, 0.5) is 15.8 Å². The summed E-state index contributed by atoms with van der Waals surface area (Å²) in [6.45, 7) is 4.01. The van der Waals surface area contributed by atoms with Crippen molar-refractivity contribution in [1.82, 2.24) is 4.90 Å². The van der Waals surface area contributed by atoms with Crippen LogP contribution in [-0.2, 0) is 9.53 Å². The molecule has 0 radical (unpaired) electrons. The van der Waals surface area contributed by atoms with Crippen molar-refractivity contribution >= 4 is 23.3 Å². The highest BCUT2D eigenvalue weighted by Gasteiger charge is 2.30. The van der Waals surface area contributed by atoms with Gasteiger partial charge in [0, 0.05) is 39.2 Å². The van der Waals surface area contributed by atoms with E-state index in [0.29, 0.717) is 25.9 Å². The molecular formula is C17H22FN3O5. The minimum Gasteiger partial charge on any atom is -0.462 e. The van der Waals surface area contributed by atoms with E-state index in [2.05, 4.69) is 0 Å². The number of non-ortho nitro benzene ring substituents is 1. The largest absolute Gasteiger partial charge is 0.462 e. The SMILES string of the molecule is CCOC(=O)c1cc([N+](=O)[O-])cc(F)c1N1CCC(N(C)C(C)=O)CC1. The minimum atomic E-state index is -0.833. The second kappa shape index (κ2) is 8.11. The summed E-state index contributed by atoms with van der Waals surface area (Å²) in [6.07, 6.45) is 1.21. The van der Waals surface area contributed by atoms with Crippen molar-refractivity contribution in [2.75, 3.05) is 31.6 Å². The highest BCUT2D eigenvalue weighted by Crippen LogP contribution is 2.32. The average Bonchev–Trinajstić information content (AvgIpc) is 2.60. The third-order valence-electron chi connectivity index (χ3n) is 4.58. The number of piperidine rings is 1. The second-order valence-corrected chi connectivity index (χ2v) is 6.15. The zero-order valence-corrected chi connectivity index (χ0v) is 15.0. The van der Waals surface area contributed by atoms with E-state index in [9.17, 15) is 24.1 Å². The molecule has 8 nitrogen and oxygen atoms in total. The third kappa shape index (κ3) is 4.09. The van der Waals surface area contributed by atoms with Crippen molar-refractivity contribution in [3.05, 3.63) is 33.6 Å². The Balaban J connectivity index is 2.32. The van der Waals surface area contributed by atoms with Crippen LogP contribution >= 0.6 is 0 Å². The maximum Gasteiger partial charge on any atom is 0.340 e. The van der Waals surface area contributed by atoms with Crippen molar-refractivity contribution < 1.29 is 23.6 Å². The molecule has 142 valence electrons. The third-order valence-corrected chi connectivity index (χ3v) is 4.58. The molecule has 0 unspecified atom stereocenters. The van der Waals surface area contributed by atoms with E-state index in [1.165, 1.54) is 6.92 Å². The molecule has 0 spiro atoms. The van der Waals surface area contributed by atoms with E-state index in [4.69, 9.17) is 4.74 Å². The molecule has 0 bridgehead atoms. The first-order chi connectivity index (χ1) is 12.3. The van der Waals surface area contributed by atoms with E-state index < -0.39 is 22.4 Å². The van der Waals surface area contributed by atoms with Gasteiger partial charge in [-0.15, -0.1) is 0 Å². The standard InChI is InChI=1S/C17H22FN3O5/c1-4-26-17(23)14-9-13(21(24)25)10-15(18)16(14)20-7-5-12(6-8-20)19(3)11(2)22/h9-10,12H,4-8H2,1-3H3. The van der Waals surface area contributed by atoms with Crippen LogP contribution < -0.4 is 4.90 Å². The van der Waals surface area contributed by atoms with Gasteiger partial charge in [0.15, 0.2) is 5.82 Å². The summed E-state index contributed by atoms with van der Waals surface area (Å²) < 4.78 is 19.6. The molecule has 26 heavy (non-hydrogen) atoms. The molecule has 1 aliphatic heterocycles. The minimum absolute atomic E-state index is 0.0120. The second-order valence-electron chi connectivity index (χ2n) is 6.15. The van der Waals surface area contributed by atoms with Crippen molar-refractivity contribution in [3.63, 3.8) is 0 Å². The number of esters is 1. The summed E-state index contributed by atoms with van der Waals surface area (Å²) in [7, 11) is 1.72. The fourth-order valence-electron chi connectivity index (χ4n) is 3.11. The zero-order valence-electron chi connectivity index (χ0n) is 15.0. The number of rotatable bonds is 5. The number of ether oxygens (including phenoxy) is 1. The number of anilines is 1. The first kappa shape index (κ1) is 19.6. The molecule has 0 aliphatic carbocycles. The smallest absolute Gasteiger partial charge is 0.340 e. The first-order valence-corrected chi connectivity index (χ1v) is 8.39. The van der Waals surface area contributed by atoms with Crippen molar-refractivity contribution in [2.24, 2.45) is 0 Å². The van der Waals surface area contributed by atoms with Gasteiger partial charge in [0.2, 0.25) is 5.91 Å². The predicted octanol–water partition coefficient (Wildman–Crippen LogP) is 2.36. The lowest BCUT2D eigenvalue weighted by molar-refractivity contribution is -0.385. The lowest BCUT2D eigenvalue weighted by atomic mass is 10.0. The van der Waals surface area contributed by atoms with Gasteiger partial charge in [0.05, 0.1) is 28.8 Å². The predicted molar refractivity (Wildman–Crippen MR) is 92.7 cm³/mol. The van der Waals surface area contributed by atoms with E-state index in [-0.39, 0.29) is 29.8 Å². The highest BCUT2D eigenvalue weighted by atomic mass is 19.1. The van der Waals surface area contributed by atoms with E-state index >= 15 is 0 Å². The molecule has 9 heteroatoms. The molecule has 0 saturated carbocycles. The number of carbonyl (C=O) groups is 2. The molecule has 1 fully saturated rings. The Bertz CT molecular complexity index is 717. The quantitative estimate of drug-likeness (QED) is 0.451. The van der Waals surface area contributed by atoms with Gasteiger partial charge in [0.25, 0.3) is 5.69 Å². The van der Waals surface area contributed by atoms with Crippen LogP contribution in [0.1, 0.15) is 37.0 Å². The number of carbonyl (C=O) groups excluding carboxylic acids is 2. The van der Waals surface area contributed by atoms with Gasteiger partial charge in [-0.2, -0.15) is 0 Å². The fourth-order valence-corrected chi connectivity index (χ4v) is 3.11. The Kier molecular flexibility index (Phi) is 6.12. The first-order valence-electron chi connectivity index (χ1n) is 8.39. The van der Waals surface area contributed by atoms with Crippen molar-refractivity contribution in [3.8, 4) is 0 Å². The molecule has 1 amide bonds. The van der Waals surface area contributed by atoms with Gasteiger partial charge >= 0.3 is 5.97 Å². The van der Waals surface area contributed by atoms with Crippen LogP contribution in [0.15, 0.2) is 12.1 Å². The molecule has 0 atom stereocenters. The van der Waals surface area contributed by atoms with Crippen LogP contribution in [0.3, 0.4) is 0 Å². The zero-order chi connectivity index (χ0) is 19.4. The van der Waals surface area contributed by atoms with Gasteiger partial charge in [-0.05, 0) is 19.8 Å². The molecule has 1 saturated heterocycles. The summed E-state index contributed by atoms with van der Waals surface area (Å²) >= 11 is 0. The average molecular weight is 367 g/mol. The van der Waals surface area contributed by atoms with E-state index in [1.54, 1.807) is 23.8 Å². The number of hydrogen-bond donors (Lipinski definition) is 0. The number of halogens is 1. The van der Waals surface area contributed by atoms with E-state index in [0.717, 1.165) is 12.1 Å². The maximum absolute atomic E-state index is 14.6. The maximum atomic E-state index is 14.6. The number of nitrogens with zero attached hydrogens (tertiary/aromatic N) is 3. The molecule has 0 N–H and O–H groups in total. The number of nitro groups is 1. The summed E-state index contributed by atoms with van der Waals surface area (Å²) in [5, 5.41) is 11.0. The normalized spacial score (nSPS) is 14.8. The van der Waals surface area contributed by atoms with Gasteiger partial charge < -0.3 is 14.5 Å². The van der Waals surface area contributed by atoms with Gasteiger partial charge in [-0.3, -0.25) is 14.9 Å². The topological polar surface area (TPSA) is 93.0 Å². The fraction of sp³-hybridized carbons (Fsp3) is 0.529. The number of nitro benzene ring substituents is 1. The molecule has 1 heterocycles. The number of benzene rings is 1. The lowest BCUT2D eigenvalue weighted by Crippen LogP contribution is -2.45. The van der Waals surface area contributed by atoms with Crippen LogP contribution in [0.2, 0.25) is 0 Å². The lowest BCUT2D eigenvalue weighted by Gasteiger charge is -2.38. The molecule has 1 aromatic carbocycles.